The summed E-state index contributed by atoms with van der Waals surface area (Å²) in [5.74, 6) is -0.399. The standard InChI is InChI=1S/C7H5F3N2O3.C7H7F3N2O/c8-7(9,10)4-15-6-2-1-5(3-11-6)12(13)14;8-7(9,10)4-13-6-2-1-5(11)3-12-6/h1-3H,4H2;1-3H,4,11H2. The third-order valence-electron chi connectivity index (χ3n) is 2.46. The summed E-state index contributed by atoms with van der Waals surface area (Å²) < 4.78 is 78.6. The molecule has 0 aliphatic rings. The van der Waals surface area contributed by atoms with Crippen LogP contribution in [0, 0.1) is 10.1 Å². The molecule has 28 heavy (non-hydrogen) atoms. The van der Waals surface area contributed by atoms with Gasteiger partial charge in [-0.3, -0.25) is 10.1 Å². The molecule has 2 rings (SSSR count). The Morgan fingerprint density at radius 1 is 0.893 bits per heavy atom. The lowest BCUT2D eigenvalue weighted by molar-refractivity contribution is -0.385. The Morgan fingerprint density at radius 2 is 1.36 bits per heavy atom. The molecule has 154 valence electrons. The zero-order valence-corrected chi connectivity index (χ0v) is 13.7. The molecule has 0 aromatic carbocycles. The Labute approximate surface area is 153 Å². The number of aromatic nitrogens is 2. The van der Waals surface area contributed by atoms with Gasteiger partial charge in [-0.15, -0.1) is 0 Å². The highest BCUT2D eigenvalue weighted by Crippen LogP contribution is 2.19. The van der Waals surface area contributed by atoms with Crippen LogP contribution in [-0.4, -0.2) is 40.5 Å². The van der Waals surface area contributed by atoms with E-state index in [1.165, 1.54) is 18.3 Å². The average Bonchev–Trinajstić information content (AvgIpc) is 2.59. The van der Waals surface area contributed by atoms with Gasteiger partial charge in [-0.1, -0.05) is 0 Å². The summed E-state index contributed by atoms with van der Waals surface area (Å²) in [6, 6.07) is 4.71. The molecule has 0 saturated heterocycles. The van der Waals surface area contributed by atoms with Crippen molar-refractivity contribution in [2.45, 2.75) is 12.4 Å². The van der Waals surface area contributed by atoms with Gasteiger partial charge < -0.3 is 15.2 Å². The summed E-state index contributed by atoms with van der Waals surface area (Å²) in [6.45, 7) is -2.82. The molecule has 2 N–H and O–H groups in total. The van der Waals surface area contributed by atoms with Crippen LogP contribution in [-0.2, 0) is 0 Å². The molecule has 0 spiro atoms. The second-order valence-electron chi connectivity index (χ2n) is 4.85. The molecular formula is C14H12F6N4O4. The van der Waals surface area contributed by atoms with Crippen LogP contribution in [0.5, 0.6) is 11.8 Å². The molecule has 14 heteroatoms. The smallest absolute Gasteiger partial charge is 0.422 e. The van der Waals surface area contributed by atoms with E-state index in [-0.39, 0.29) is 17.4 Å². The number of anilines is 1. The van der Waals surface area contributed by atoms with Crippen LogP contribution in [0.2, 0.25) is 0 Å². The summed E-state index contributed by atoms with van der Waals surface area (Å²) in [6.07, 6.45) is -6.75. The maximum absolute atomic E-state index is 11.7. The summed E-state index contributed by atoms with van der Waals surface area (Å²) in [5, 5.41) is 10.2. The topological polar surface area (TPSA) is 113 Å². The van der Waals surface area contributed by atoms with Crippen molar-refractivity contribution >= 4 is 11.4 Å². The molecular weight excluding hydrogens is 402 g/mol. The van der Waals surface area contributed by atoms with Crippen molar-refractivity contribution in [3.63, 3.8) is 0 Å². The van der Waals surface area contributed by atoms with Gasteiger partial charge >= 0.3 is 12.4 Å². The number of pyridine rings is 2. The van der Waals surface area contributed by atoms with E-state index in [9.17, 15) is 36.5 Å². The van der Waals surface area contributed by atoms with Crippen molar-refractivity contribution in [1.29, 1.82) is 0 Å². The fourth-order valence-corrected chi connectivity index (χ4v) is 1.35. The zero-order valence-electron chi connectivity index (χ0n) is 13.7. The Bertz CT molecular complexity index is 750. The van der Waals surface area contributed by atoms with Crippen molar-refractivity contribution in [1.82, 2.24) is 9.97 Å². The summed E-state index contributed by atoms with van der Waals surface area (Å²) >= 11 is 0. The Hall–Kier alpha value is -3.32. The molecule has 2 aromatic rings. The molecule has 0 aliphatic heterocycles. The molecule has 0 bridgehead atoms. The molecule has 0 radical (unpaired) electrons. The second kappa shape index (κ2) is 9.57. The normalized spacial score (nSPS) is 11.2. The number of ether oxygens (including phenoxy) is 2. The summed E-state index contributed by atoms with van der Waals surface area (Å²) in [7, 11) is 0. The minimum absolute atomic E-state index is 0.0912. The number of nitrogen functional groups attached to an aromatic ring is 1. The van der Waals surface area contributed by atoms with Crippen LogP contribution >= 0.6 is 0 Å². The third kappa shape index (κ3) is 9.98. The molecule has 8 nitrogen and oxygen atoms in total. The lowest BCUT2D eigenvalue weighted by Crippen LogP contribution is -2.19. The highest BCUT2D eigenvalue weighted by molar-refractivity contribution is 5.35. The van der Waals surface area contributed by atoms with Crippen LogP contribution < -0.4 is 15.2 Å². The lowest BCUT2D eigenvalue weighted by Gasteiger charge is -2.07. The van der Waals surface area contributed by atoms with Crippen molar-refractivity contribution < 1.29 is 40.7 Å². The van der Waals surface area contributed by atoms with Gasteiger partial charge in [0.2, 0.25) is 11.8 Å². The van der Waals surface area contributed by atoms with E-state index in [0.29, 0.717) is 5.69 Å². The fourth-order valence-electron chi connectivity index (χ4n) is 1.35. The van der Waals surface area contributed by atoms with Crippen LogP contribution in [0.15, 0.2) is 36.7 Å². The van der Waals surface area contributed by atoms with Crippen LogP contribution in [0.25, 0.3) is 0 Å². The second-order valence-corrected chi connectivity index (χ2v) is 4.85. The minimum atomic E-state index is -4.45. The summed E-state index contributed by atoms with van der Waals surface area (Å²) in [4.78, 5) is 16.3. The van der Waals surface area contributed by atoms with E-state index in [1.807, 2.05) is 0 Å². The number of nitrogens with two attached hydrogens (primary N) is 1. The molecule has 2 aromatic heterocycles. The predicted molar refractivity (Wildman–Crippen MR) is 82.6 cm³/mol. The number of alkyl halides is 6. The van der Waals surface area contributed by atoms with Gasteiger partial charge in [-0.2, -0.15) is 26.3 Å². The first-order valence-electron chi connectivity index (χ1n) is 7.07. The molecule has 0 atom stereocenters. The minimum Gasteiger partial charge on any atom is -0.468 e. The fraction of sp³-hybridized carbons (Fsp3) is 0.286. The molecule has 0 amide bonds. The summed E-state index contributed by atoms with van der Waals surface area (Å²) in [5.41, 5.74) is 5.33. The average molecular weight is 414 g/mol. The van der Waals surface area contributed by atoms with E-state index >= 15 is 0 Å². The van der Waals surface area contributed by atoms with Gasteiger partial charge in [0.25, 0.3) is 5.69 Å². The van der Waals surface area contributed by atoms with E-state index in [1.54, 1.807) is 0 Å². The molecule has 0 aliphatic carbocycles. The van der Waals surface area contributed by atoms with Crippen molar-refractivity contribution in [2.24, 2.45) is 0 Å². The first-order chi connectivity index (χ1) is 12.9. The highest BCUT2D eigenvalue weighted by atomic mass is 19.4. The van der Waals surface area contributed by atoms with E-state index in [4.69, 9.17) is 5.73 Å². The van der Waals surface area contributed by atoms with E-state index in [0.717, 1.165) is 18.3 Å². The quantitative estimate of drug-likeness (QED) is 0.452. The number of hydrogen-bond donors (Lipinski definition) is 1. The maximum atomic E-state index is 11.7. The number of rotatable bonds is 5. The first kappa shape index (κ1) is 22.7. The predicted octanol–water partition coefficient (Wildman–Crippen LogP) is 3.54. The van der Waals surface area contributed by atoms with Gasteiger partial charge in [-0.05, 0) is 6.07 Å². The van der Waals surface area contributed by atoms with E-state index < -0.39 is 30.5 Å². The van der Waals surface area contributed by atoms with Crippen LogP contribution in [0.1, 0.15) is 0 Å². The Balaban J connectivity index is 0.000000283. The van der Waals surface area contributed by atoms with Crippen molar-refractivity contribution in [2.75, 3.05) is 18.9 Å². The molecule has 0 saturated carbocycles. The highest BCUT2D eigenvalue weighted by Gasteiger charge is 2.29. The maximum Gasteiger partial charge on any atom is 0.422 e. The van der Waals surface area contributed by atoms with Crippen molar-refractivity contribution in [3.8, 4) is 11.8 Å². The third-order valence-corrected chi connectivity index (χ3v) is 2.46. The van der Waals surface area contributed by atoms with Gasteiger partial charge in [0.05, 0.1) is 16.8 Å². The lowest BCUT2D eigenvalue weighted by atomic mass is 10.4. The molecule has 2 heterocycles. The van der Waals surface area contributed by atoms with Gasteiger partial charge in [0, 0.05) is 18.2 Å². The van der Waals surface area contributed by atoms with Crippen LogP contribution in [0.4, 0.5) is 37.7 Å². The number of halogens is 6. The van der Waals surface area contributed by atoms with Gasteiger partial charge in [0.15, 0.2) is 13.2 Å². The largest absolute Gasteiger partial charge is 0.468 e. The first-order valence-corrected chi connectivity index (χ1v) is 7.07. The Morgan fingerprint density at radius 3 is 1.68 bits per heavy atom. The van der Waals surface area contributed by atoms with E-state index in [2.05, 4.69) is 19.4 Å². The monoisotopic (exact) mass is 414 g/mol. The number of nitro groups is 1. The Kier molecular flexibility index (Phi) is 7.76. The van der Waals surface area contributed by atoms with Crippen molar-refractivity contribution in [3.05, 3.63) is 46.8 Å². The SMILES string of the molecule is Nc1ccc(OCC(F)(F)F)nc1.O=[N+]([O-])c1ccc(OCC(F)(F)F)nc1. The van der Waals surface area contributed by atoms with Gasteiger partial charge in [0.1, 0.15) is 6.20 Å². The number of nitrogens with zero attached hydrogens (tertiary/aromatic N) is 3. The molecule has 0 fully saturated rings. The van der Waals surface area contributed by atoms with Crippen LogP contribution in [0.3, 0.4) is 0 Å². The zero-order chi connectivity index (χ0) is 21.4. The number of hydrogen-bond acceptors (Lipinski definition) is 7. The molecule has 0 unspecified atom stereocenters. The van der Waals surface area contributed by atoms with Gasteiger partial charge in [-0.25, -0.2) is 9.97 Å².